The van der Waals surface area contributed by atoms with Gasteiger partial charge in [-0.05, 0) is 54.6 Å². The number of unbranched alkanes of at least 4 members (excludes halogenated alkanes) is 1. The Labute approximate surface area is 142 Å². The Morgan fingerprint density at radius 3 is 2.32 bits per heavy atom. The highest BCUT2D eigenvalue weighted by molar-refractivity contribution is 7.80. The Morgan fingerprint density at radius 2 is 1.77 bits per heavy atom. The maximum absolute atomic E-state index is 5.40. The highest BCUT2D eigenvalue weighted by Gasteiger charge is 2.07. The molecule has 0 saturated carbocycles. The third-order valence-electron chi connectivity index (χ3n) is 4.44. The van der Waals surface area contributed by atoms with E-state index in [-0.39, 0.29) is 0 Å². The lowest BCUT2D eigenvalue weighted by Crippen LogP contribution is -2.32. The van der Waals surface area contributed by atoms with Crippen molar-refractivity contribution in [3.63, 3.8) is 0 Å². The van der Waals surface area contributed by atoms with Gasteiger partial charge in [0.25, 0.3) is 0 Å². The van der Waals surface area contributed by atoms with E-state index in [1.807, 2.05) is 0 Å². The summed E-state index contributed by atoms with van der Waals surface area (Å²) in [4.78, 5) is 0. The van der Waals surface area contributed by atoms with Crippen LogP contribution in [0.1, 0.15) is 71.3 Å². The monoisotopic (exact) mass is 320 g/mol. The normalized spacial score (nSPS) is 13.5. The van der Waals surface area contributed by atoms with E-state index in [1.165, 1.54) is 37.7 Å². The van der Waals surface area contributed by atoms with Crippen molar-refractivity contribution in [3.8, 4) is 0 Å². The molecule has 1 aromatic carbocycles. The Kier molecular flexibility index (Phi) is 9.14. The molecular formula is C19H32N2S. The van der Waals surface area contributed by atoms with Gasteiger partial charge < -0.3 is 10.6 Å². The Morgan fingerprint density at radius 1 is 1.09 bits per heavy atom. The number of hydrogen-bond acceptors (Lipinski definition) is 1. The topological polar surface area (TPSA) is 24.1 Å². The van der Waals surface area contributed by atoms with Crippen molar-refractivity contribution in [1.82, 2.24) is 5.32 Å². The van der Waals surface area contributed by atoms with Gasteiger partial charge in [0.1, 0.15) is 0 Å². The first-order valence-electron chi connectivity index (χ1n) is 8.75. The Bertz CT molecular complexity index is 428. The molecule has 0 spiro atoms. The summed E-state index contributed by atoms with van der Waals surface area (Å²) in [7, 11) is 0. The molecule has 0 amide bonds. The minimum atomic E-state index is 0.614. The minimum Gasteiger partial charge on any atom is -0.362 e. The zero-order chi connectivity index (χ0) is 16.4. The summed E-state index contributed by atoms with van der Waals surface area (Å²) in [6, 6.07) is 8.61. The van der Waals surface area contributed by atoms with Gasteiger partial charge in [-0.3, -0.25) is 0 Å². The van der Waals surface area contributed by atoms with Crippen LogP contribution in [0.25, 0.3) is 0 Å². The van der Waals surface area contributed by atoms with E-state index < -0.39 is 0 Å². The van der Waals surface area contributed by atoms with E-state index in [2.05, 4.69) is 62.6 Å². The van der Waals surface area contributed by atoms with E-state index in [0.717, 1.165) is 17.3 Å². The van der Waals surface area contributed by atoms with Crippen molar-refractivity contribution < 1.29 is 0 Å². The molecule has 22 heavy (non-hydrogen) atoms. The lowest BCUT2D eigenvalue weighted by Gasteiger charge is -2.17. The van der Waals surface area contributed by atoms with Gasteiger partial charge in [0, 0.05) is 12.2 Å². The van der Waals surface area contributed by atoms with Gasteiger partial charge in [-0.1, -0.05) is 59.1 Å². The van der Waals surface area contributed by atoms with Gasteiger partial charge >= 0.3 is 0 Å². The minimum absolute atomic E-state index is 0.614. The molecule has 0 aliphatic carbocycles. The maximum atomic E-state index is 5.40. The summed E-state index contributed by atoms with van der Waals surface area (Å²) < 4.78 is 0. The summed E-state index contributed by atoms with van der Waals surface area (Å²) in [5.74, 6) is 1.33. The molecule has 1 aromatic rings. The van der Waals surface area contributed by atoms with Crippen molar-refractivity contribution in [2.75, 3.05) is 11.9 Å². The van der Waals surface area contributed by atoms with E-state index in [4.69, 9.17) is 12.2 Å². The molecule has 0 aliphatic rings. The first-order chi connectivity index (χ1) is 10.6. The second-order valence-corrected chi connectivity index (χ2v) is 6.59. The molecule has 2 N–H and O–H groups in total. The lowest BCUT2D eigenvalue weighted by molar-refractivity contribution is 0.446. The predicted molar refractivity (Wildman–Crippen MR) is 103 cm³/mol. The largest absolute Gasteiger partial charge is 0.362 e. The van der Waals surface area contributed by atoms with Gasteiger partial charge in [0.15, 0.2) is 5.11 Å². The molecule has 124 valence electrons. The Hall–Kier alpha value is -1.09. The third-order valence-corrected chi connectivity index (χ3v) is 4.69. The number of anilines is 1. The summed E-state index contributed by atoms with van der Waals surface area (Å²) in [6.07, 6.45) is 6.23. The SMILES string of the molecule is CCCC[C@H](CC)CNC(=S)Nc1ccc([C@H](C)CC)cc1. The summed E-state index contributed by atoms with van der Waals surface area (Å²) in [5, 5.41) is 7.37. The van der Waals surface area contributed by atoms with Crippen molar-refractivity contribution in [3.05, 3.63) is 29.8 Å². The fraction of sp³-hybridized carbons (Fsp3) is 0.632. The maximum Gasteiger partial charge on any atom is 0.170 e. The molecule has 3 heteroatoms. The first-order valence-corrected chi connectivity index (χ1v) is 9.16. The van der Waals surface area contributed by atoms with Crippen LogP contribution in [0.4, 0.5) is 5.69 Å². The molecule has 0 aromatic heterocycles. The molecule has 0 heterocycles. The van der Waals surface area contributed by atoms with Crippen LogP contribution < -0.4 is 10.6 Å². The molecular weight excluding hydrogens is 288 g/mol. The average molecular weight is 321 g/mol. The standard InChI is InChI=1S/C19H32N2S/c1-5-8-9-16(7-3)14-20-19(22)21-18-12-10-17(11-13-18)15(4)6-2/h10-13,15-16H,5-9,14H2,1-4H3,(H2,20,21,22)/t15-,16+/m1/s1. The van der Waals surface area contributed by atoms with Crippen LogP contribution in [0.15, 0.2) is 24.3 Å². The van der Waals surface area contributed by atoms with Crippen LogP contribution >= 0.6 is 12.2 Å². The lowest BCUT2D eigenvalue weighted by atomic mass is 9.99. The number of hydrogen-bond donors (Lipinski definition) is 2. The van der Waals surface area contributed by atoms with Crippen LogP contribution in [0.5, 0.6) is 0 Å². The second-order valence-electron chi connectivity index (χ2n) is 6.18. The summed E-state index contributed by atoms with van der Waals surface area (Å²) >= 11 is 5.40. The fourth-order valence-corrected chi connectivity index (χ4v) is 2.69. The quantitative estimate of drug-likeness (QED) is 0.570. The van der Waals surface area contributed by atoms with E-state index in [9.17, 15) is 0 Å². The van der Waals surface area contributed by atoms with Crippen molar-refractivity contribution in [2.24, 2.45) is 5.92 Å². The van der Waals surface area contributed by atoms with Crippen LogP contribution in [0.2, 0.25) is 0 Å². The van der Waals surface area contributed by atoms with Crippen molar-refractivity contribution >= 4 is 23.0 Å². The smallest absolute Gasteiger partial charge is 0.170 e. The predicted octanol–water partition coefficient (Wildman–Crippen LogP) is 5.70. The fourth-order valence-electron chi connectivity index (χ4n) is 2.49. The molecule has 0 radical (unpaired) electrons. The van der Waals surface area contributed by atoms with Crippen molar-refractivity contribution in [2.45, 2.75) is 65.7 Å². The molecule has 0 fully saturated rings. The third kappa shape index (κ3) is 6.78. The molecule has 0 unspecified atom stereocenters. The average Bonchev–Trinajstić information content (AvgIpc) is 2.55. The number of nitrogens with one attached hydrogen (secondary N) is 2. The van der Waals surface area contributed by atoms with Crippen LogP contribution in [-0.2, 0) is 0 Å². The zero-order valence-electron chi connectivity index (χ0n) is 14.6. The van der Waals surface area contributed by atoms with Gasteiger partial charge in [0.05, 0.1) is 0 Å². The number of benzene rings is 1. The van der Waals surface area contributed by atoms with E-state index in [0.29, 0.717) is 11.8 Å². The van der Waals surface area contributed by atoms with Gasteiger partial charge in [-0.25, -0.2) is 0 Å². The van der Waals surface area contributed by atoms with Crippen molar-refractivity contribution in [1.29, 1.82) is 0 Å². The Balaban J connectivity index is 2.41. The summed E-state index contributed by atoms with van der Waals surface area (Å²) in [5.41, 5.74) is 2.45. The number of thiocarbonyl (C=S) groups is 1. The van der Waals surface area contributed by atoms with Crippen LogP contribution in [-0.4, -0.2) is 11.7 Å². The second kappa shape index (κ2) is 10.6. The number of rotatable bonds is 9. The molecule has 2 atom stereocenters. The van der Waals surface area contributed by atoms with Gasteiger partial charge in [0.2, 0.25) is 0 Å². The van der Waals surface area contributed by atoms with Crippen LogP contribution in [0, 0.1) is 5.92 Å². The highest BCUT2D eigenvalue weighted by Crippen LogP contribution is 2.20. The molecule has 0 bridgehead atoms. The van der Waals surface area contributed by atoms with Gasteiger partial charge in [-0.2, -0.15) is 0 Å². The van der Waals surface area contributed by atoms with E-state index >= 15 is 0 Å². The zero-order valence-corrected chi connectivity index (χ0v) is 15.4. The molecule has 1 rings (SSSR count). The first kappa shape index (κ1) is 19.0. The molecule has 0 saturated heterocycles. The molecule has 0 aliphatic heterocycles. The van der Waals surface area contributed by atoms with Gasteiger partial charge in [-0.15, -0.1) is 0 Å². The van der Waals surface area contributed by atoms with E-state index in [1.54, 1.807) is 0 Å². The summed E-state index contributed by atoms with van der Waals surface area (Å²) in [6.45, 7) is 9.95. The molecule has 2 nitrogen and oxygen atoms in total. The van der Waals surface area contributed by atoms with Crippen LogP contribution in [0.3, 0.4) is 0 Å². The highest BCUT2D eigenvalue weighted by atomic mass is 32.1.